The second-order valence-corrected chi connectivity index (χ2v) is 6.98. The molecule has 0 saturated heterocycles. The molecule has 6 nitrogen and oxygen atoms in total. The van der Waals surface area contributed by atoms with Crippen LogP contribution in [0, 0.1) is 11.6 Å². The van der Waals surface area contributed by atoms with Crippen LogP contribution in [0.3, 0.4) is 0 Å². The molecular formula is C16H14F2N4O2S. The van der Waals surface area contributed by atoms with Gasteiger partial charge in [0.2, 0.25) is 10.0 Å². The van der Waals surface area contributed by atoms with Gasteiger partial charge in [-0.2, -0.15) is 5.10 Å². The molecule has 9 heteroatoms. The first-order valence-corrected chi connectivity index (χ1v) is 8.78. The Morgan fingerprint density at radius 1 is 1.08 bits per heavy atom. The van der Waals surface area contributed by atoms with E-state index in [0.29, 0.717) is 5.56 Å². The van der Waals surface area contributed by atoms with E-state index < -0.39 is 32.6 Å². The molecule has 0 radical (unpaired) electrons. The quantitative estimate of drug-likeness (QED) is 0.755. The van der Waals surface area contributed by atoms with Gasteiger partial charge in [-0.3, -0.25) is 0 Å². The lowest BCUT2D eigenvalue weighted by molar-refractivity contribution is 0.509. The van der Waals surface area contributed by atoms with Gasteiger partial charge in [0.15, 0.2) is 4.90 Å². The summed E-state index contributed by atoms with van der Waals surface area (Å²) in [5.41, 5.74) is 1.38. The number of nitrogens with zero attached hydrogens (tertiary/aromatic N) is 3. The Bertz CT molecular complexity index is 954. The van der Waals surface area contributed by atoms with Gasteiger partial charge in [-0.15, -0.1) is 0 Å². The summed E-state index contributed by atoms with van der Waals surface area (Å²) in [7, 11) is -4.35. The van der Waals surface area contributed by atoms with Crippen LogP contribution in [0.5, 0.6) is 0 Å². The predicted molar refractivity (Wildman–Crippen MR) is 86.5 cm³/mol. The van der Waals surface area contributed by atoms with Crippen molar-refractivity contribution in [3.63, 3.8) is 0 Å². The van der Waals surface area contributed by atoms with Crippen LogP contribution >= 0.6 is 0 Å². The van der Waals surface area contributed by atoms with Gasteiger partial charge in [0.1, 0.15) is 24.3 Å². The van der Waals surface area contributed by atoms with Gasteiger partial charge in [-0.1, -0.05) is 18.2 Å². The van der Waals surface area contributed by atoms with E-state index in [2.05, 4.69) is 14.8 Å². The van der Waals surface area contributed by atoms with Crippen molar-refractivity contribution in [2.24, 2.45) is 0 Å². The molecule has 0 aliphatic carbocycles. The molecule has 3 rings (SSSR count). The largest absolute Gasteiger partial charge is 0.246 e. The summed E-state index contributed by atoms with van der Waals surface area (Å²) < 4.78 is 55.9. The minimum atomic E-state index is -4.35. The van der Waals surface area contributed by atoms with Crippen molar-refractivity contribution in [1.29, 1.82) is 0 Å². The average molecular weight is 364 g/mol. The summed E-state index contributed by atoms with van der Waals surface area (Å²) in [6, 6.07) is 9.08. The summed E-state index contributed by atoms with van der Waals surface area (Å²) in [5.74, 6) is -2.28. The molecule has 0 saturated carbocycles. The first kappa shape index (κ1) is 17.2. The number of aromatic nitrogens is 3. The van der Waals surface area contributed by atoms with Gasteiger partial charge in [0.05, 0.1) is 5.69 Å². The summed E-state index contributed by atoms with van der Waals surface area (Å²) in [4.78, 5) is 2.86. The van der Waals surface area contributed by atoms with Gasteiger partial charge in [-0.05, 0) is 36.8 Å². The molecule has 0 amide bonds. The summed E-state index contributed by atoms with van der Waals surface area (Å²) in [5, 5.41) is 3.99. The van der Waals surface area contributed by atoms with E-state index in [9.17, 15) is 17.2 Å². The maximum Gasteiger partial charge on any atom is 0.246 e. The zero-order valence-electron chi connectivity index (χ0n) is 13.1. The molecule has 0 fully saturated rings. The van der Waals surface area contributed by atoms with Gasteiger partial charge < -0.3 is 0 Å². The molecule has 1 aromatic heterocycles. The fraction of sp³-hybridized carbons (Fsp3) is 0.125. The van der Waals surface area contributed by atoms with Crippen LogP contribution in [0.4, 0.5) is 8.78 Å². The number of sulfonamides is 1. The standard InChI is InChI=1S/C16H14F2N4O2S/c1-11(12-5-7-13(8-6-12)22-10-19-9-20-22)21-25(23,24)16-14(17)3-2-4-15(16)18/h2-11,21H,1H3/t11-/m1/s1. The van der Waals surface area contributed by atoms with Gasteiger partial charge >= 0.3 is 0 Å². The van der Waals surface area contributed by atoms with Crippen LogP contribution in [0.15, 0.2) is 60.0 Å². The number of halogens is 2. The Morgan fingerprint density at radius 3 is 2.28 bits per heavy atom. The van der Waals surface area contributed by atoms with Crippen LogP contribution in [0.2, 0.25) is 0 Å². The van der Waals surface area contributed by atoms with E-state index in [-0.39, 0.29) is 0 Å². The minimum Gasteiger partial charge on any atom is -0.223 e. The topological polar surface area (TPSA) is 76.9 Å². The smallest absolute Gasteiger partial charge is 0.223 e. The Morgan fingerprint density at radius 2 is 1.72 bits per heavy atom. The third kappa shape index (κ3) is 3.57. The van der Waals surface area contributed by atoms with Crippen molar-refractivity contribution in [2.45, 2.75) is 17.9 Å². The molecule has 3 aromatic rings. The lowest BCUT2D eigenvalue weighted by Crippen LogP contribution is -2.28. The van der Waals surface area contributed by atoms with Crippen molar-refractivity contribution < 1.29 is 17.2 Å². The predicted octanol–water partition coefficient (Wildman–Crippen LogP) is 2.59. The molecular weight excluding hydrogens is 350 g/mol. The number of hydrogen-bond donors (Lipinski definition) is 1. The zero-order valence-corrected chi connectivity index (χ0v) is 13.9. The Hall–Kier alpha value is -2.65. The number of benzene rings is 2. The van der Waals surface area contributed by atoms with Crippen molar-refractivity contribution in [3.05, 3.63) is 72.3 Å². The van der Waals surface area contributed by atoms with Crippen LogP contribution in [0.1, 0.15) is 18.5 Å². The number of rotatable bonds is 5. The Balaban J connectivity index is 1.83. The molecule has 0 aliphatic heterocycles. The second-order valence-electron chi connectivity index (χ2n) is 5.33. The van der Waals surface area contributed by atoms with Crippen LogP contribution in [-0.2, 0) is 10.0 Å². The molecule has 0 unspecified atom stereocenters. The van der Waals surface area contributed by atoms with Gasteiger partial charge in [-0.25, -0.2) is 31.6 Å². The van der Waals surface area contributed by atoms with E-state index in [4.69, 9.17) is 0 Å². The first-order chi connectivity index (χ1) is 11.9. The van der Waals surface area contributed by atoms with Gasteiger partial charge in [0.25, 0.3) is 0 Å². The fourth-order valence-electron chi connectivity index (χ4n) is 2.36. The van der Waals surface area contributed by atoms with E-state index in [0.717, 1.165) is 23.9 Å². The third-order valence-electron chi connectivity index (χ3n) is 3.60. The summed E-state index contributed by atoms with van der Waals surface area (Å²) in [6.45, 7) is 1.58. The molecule has 1 atom stereocenters. The Labute approximate surface area is 143 Å². The average Bonchev–Trinajstić information content (AvgIpc) is 3.08. The fourth-order valence-corrected chi connectivity index (χ4v) is 3.73. The Kier molecular flexibility index (Phi) is 4.60. The minimum absolute atomic E-state index is 0.629. The van der Waals surface area contributed by atoms with Crippen LogP contribution < -0.4 is 4.72 Å². The number of nitrogens with one attached hydrogen (secondary N) is 1. The van der Waals surface area contributed by atoms with Crippen molar-refractivity contribution in [1.82, 2.24) is 19.5 Å². The lowest BCUT2D eigenvalue weighted by atomic mass is 10.1. The van der Waals surface area contributed by atoms with E-state index >= 15 is 0 Å². The van der Waals surface area contributed by atoms with Crippen molar-refractivity contribution >= 4 is 10.0 Å². The monoisotopic (exact) mass is 364 g/mol. The molecule has 1 heterocycles. The molecule has 25 heavy (non-hydrogen) atoms. The third-order valence-corrected chi connectivity index (χ3v) is 5.19. The highest BCUT2D eigenvalue weighted by Crippen LogP contribution is 2.22. The molecule has 2 aromatic carbocycles. The summed E-state index contributed by atoms with van der Waals surface area (Å²) in [6.07, 6.45) is 2.93. The molecule has 1 N–H and O–H groups in total. The maximum atomic E-state index is 13.7. The van der Waals surface area contributed by atoms with E-state index in [1.54, 1.807) is 35.9 Å². The molecule has 0 aliphatic rings. The van der Waals surface area contributed by atoms with E-state index in [1.807, 2.05) is 0 Å². The SMILES string of the molecule is C[C@@H](NS(=O)(=O)c1c(F)cccc1F)c1ccc(-n2cncn2)cc1. The van der Waals surface area contributed by atoms with Crippen LogP contribution in [-0.4, -0.2) is 23.2 Å². The highest BCUT2D eigenvalue weighted by atomic mass is 32.2. The number of hydrogen-bond acceptors (Lipinski definition) is 4. The van der Waals surface area contributed by atoms with Gasteiger partial charge in [0, 0.05) is 6.04 Å². The van der Waals surface area contributed by atoms with Crippen molar-refractivity contribution in [3.8, 4) is 5.69 Å². The maximum absolute atomic E-state index is 13.7. The highest BCUT2D eigenvalue weighted by molar-refractivity contribution is 7.89. The zero-order chi connectivity index (χ0) is 18.0. The van der Waals surface area contributed by atoms with Crippen molar-refractivity contribution in [2.75, 3.05) is 0 Å². The normalized spacial score (nSPS) is 12.9. The molecule has 130 valence electrons. The lowest BCUT2D eigenvalue weighted by Gasteiger charge is -2.16. The first-order valence-electron chi connectivity index (χ1n) is 7.30. The summed E-state index contributed by atoms with van der Waals surface area (Å²) >= 11 is 0. The van der Waals surface area contributed by atoms with Crippen LogP contribution in [0.25, 0.3) is 5.69 Å². The molecule has 0 spiro atoms. The van der Waals surface area contributed by atoms with E-state index in [1.165, 1.54) is 12.7 Å². The highest BCUT2D eigenvalue weighted by Gasteiger charge is 2.25. The second kappa shape index (κ2) is 6.69. The molecule has 0 bridgehead atoms.